The molecule has 0 bridgehead atoms. The highest BCUT2D eigenvalue weighted by atomic mass is 19.1. The zero-order chi connectivity index (χ0) is 10.7. The van der Waals surface area contributed by atoms with Crippen LogP contribution in [0.4, 0.5) is 4.39 Å². The number of hydrogen-bond donors (Lipinski definition) is 2. The smallest absolute Gasteiger partial charge is 0.123 e. The van der Waals surface area contributed by atoms with Crippen LogP contribution in [0.3, 0.4) is 0 Å². The Kier molecular flexibility index (Phi) is 3.34. The van der Waals surface area contributed by atoms with Crippen molar-refractivity contribution in [3.8, 4) is 0 Å². The van der Waals surface area contributed by atoms with Gasteiger partial charge in [0.1, 0.15) is 5.82 Å². The Labute approximate surface area is 89.1 Å². The molecule has 1 saturated heterocycles. The third-order valence-electron chi connectivity index (χ3n) is 2.90. The summed E-state index contributed by atoms with van der Waals surface area (Å²) in [6.07, 6.45) is 2.38. The van der Waals surface area contributed by atoms with Crippen LogP contribution >= 0.6 is 0 Å². The van der Waals surface area contributed by atoms with Crippen molar-refractivity contribution in [3.05, 3.63) is 35.6 Å². The van der Waals surface area contributed by atoms with Crippen molar-refractivity contribution >= 4 is 0 Å². The van der Waals surface area contributed by atoms with Crippen LogP contribution in [0.15, 0.2) is 24.3 Å². The van der Waals surface area contributed by atoms with Gasteiger partial charge in [0.15, 0.2) is 0 Å². The zero-order valence-corrected chi connectivity index (χ0v) is 8.62. The Morgan fingerprint density at radius 1 is 1.53 bits per heavy atom. The lowest BCUT2D eigenvalue weighted by Gasteiger charge is -2.16. The molecular formula is C12H16FNO. The van der Waals surface area contributed by atoms with Crippen molar-refractivity contribution in [2.45, 2.75) is 31.4 Å². The van der Waals surface area contributed by atoms with E-state index in [1.54, 1.807) is 12.1 Å². The molecule has 82 valence electrons. The molecule has 0 aromatic heterocycles. The molecule has 2 atom stereocenters. The summed E-state index contributed by atoms with van der Waals surface area (Å²) in [6.45, 7) is 1.03. The predicted octanol–water partition coefficient (Wildman–Crippen LogP) is 2.00. The van der Waals surface area contributed by atoms with Crippen LogP contribution in [-0.2, 0) is 0 Å². The molecule has 1 aliphatic rings. The van der Waals surface area contributed by atoms with E-state index in [4.69, 9.17) is 0 Å². The summed E-state index contributed by atoms with van der Waals surface area (Å²) >= 11 is 0. The third kappa shape index (κ3) is 2.76. The second kappa shape index (κ2) is 4.73. The van der Waals surface area contributed by atoms with Crippen molar-refractivity contribution in [3.63, 3.8) is 0 Å². The van der Waals surface area contributed by atoms with Crippen molar-refractivity contribution in [2.24, 2.45) is 0 Å². The average molecular weight is 209 g/mol. The van der Waals surface area contributed by atoms with Gasteiger partial charge < -0.3 is 10.4 Å². The monoisotopic (exact) mass is 209 g/mol. The summed E-state index contributed by atoms with van der Waals surface area (Å²) in [5.41, 5.74) is 0.670. The van der Waals surface area contributed by atoms with Crippen molar-refractivity contribution < 1.29 is 9.50 Å². The topological polar surface area (TPSA) is 32.3 Å². The van der Waals surface area contributed by atoms with Gasteiger partial charge in [-0.15, -0.1) is 0 Å². The molecular weight excluding hydrogens is 193 g/mol. The van der Waals surface area contributed by atoms with Gasteiger partial charge in [-0.1, -0.05) is 12.1 Å². The van der Waals surface area contributed by atoms with Gasteiger partial charge >= 0.3 is 0 Å². The van der Waals surface area contributed by atoms with E-state index in [1.165, 1.54) is 18.6 Å². The summed E-state index contributed by atoms with van der Waals surface area (Å²) in [5.74, 6) is -0.286. The quantitative estimate of drug-likeness (QED) is 0.798. The largest absolute Gasteiger partial charge is 0.388 e. The molecule has 2 rings (SSSR count). The van der Waals surface area contributed by atoms with Gasteiger partial charge in [-0.25, -0.2) is 4.39 Å². The molecule has 0 radical (unpaired) electrons. The normalized spacial score (nSPS) is 22.9. The fourth-order valence-corrected chi connectivity index (χ4v) is 2.08. The van der Waals surface area contributed by atoms with E-state index in [1.807, 2.05) is 0 Å². The first-order chi connectivity index (χ1) is 7.25. The minimum absolute atomic E-state index is 0.286. The zero-order valence-electron chi connectivity index (χ0n) is 8.62. The van der Waals surface area contributed by atoms with E-state index < -0.39 is 6.10 Å². The molecule has 0 saturated carbocycles. The molecule has 0 amide bonds. The number of hydrogen-bond acceptors (Lipinski definition) is 2. The lowest BCUT2D eigenvalue weighted by atomic mass is 10.0. The van der Waals surface area contributed by atoms with Gasteiger partial charge in [-0.05, 0) is 43.5 Å². The first-order valence-electron chi connectivity index (χ1n) is 5.42. The van der Waals surface area contributed by atoms with E-state index in [0.29, 0.717) is 18.0 Å². The molecule has 2 nitrogen and oxygen atoms in total. The van der Waals surface area contributed by atoms with Crippen LogP contribution in [0.1, 0.15) is 30.9 Å². The van der Waals surface area contributed by atoms with E-state index >= 15 is 0 Å². The van der Waals surface area contributed by atoms with Crippen LogP contribution < -0.4 is 5.32 Å². The van der Waals surface area contributed by atoms with Gasteiger partial charge in [0, 0.05) is 6.04 Å². The summed E-state index contributed by atoms with van der Waals surface area (Å²) in [5, 5.41) is 13.2. The highest BCUT2D eigenvalue weighted by Crippen LogP contribution is 2.22. The Balaban J connectivity index is 1.97. The van der Waals surface area contributed by atoms with E-state index in [-0.39, 0.29) is 5.82 Å². The summed E-state index contributed by atoms with van der Waals surface area (Å²) in [7, 11) is 0. The van der Waals surface area contributed by atoms with Crippen molar-refractivity contribution in [1.29, 1.82) is 0 Å². The molecule has 1 aromatic rings. The molecule has 1 fully saturated rings. The minimum atomic E-state index is -0.559. The van der Waals surface area contributed by atoms with E-state index in [2.05, 4.69) is 5.32 Å². The lowest BCUT2D eigenvalue weighted by molar-refractivity contribution is 0.154. The fourth-order valence-electron chi connectivity index (χ4n) is 2.08. The average Bonchev–Trinajstić information content (AvgIpc) is 2.70. The van der Waals surface area contributed by atoms with E-state index in [0.717, 1.165) is 13.0 Å². The third-order valence-corrected chi connectivity index (χ3v) is 2.90. The van der Waals surface area contributed by atoms with Crippen LogP contribution in [0.5, 0.6) is 0 Å². The Hall–Kier alpha value is -0.930. The Morgan fingerprint density at radius 3 is 3.07 bits per heavy atom. The standard InChI is InChI=1S/C12H16FNO/c13-10-4-1-3-9(7-10)12(15)8-11-5-2-6-14-11/h1,3-4,7,11-12,14-15H,2,5-6,8H2. The fraction of sp³-hybridized carbons (Fsp3) is 0.500. The molecule has 0 aliphatic carbocycles. The first kappa shape index (κ1) is 10.6. The predicted molar refractivity (Wildman–Crippen MR) is 57.0 cm³/mol. The molecule has 0 spiro atoms. The first-order valence-corrected chi connectivity index (χ1v) is 5.42. The van der Waals surface area contributed by atoms with Crippen molar-refractivity contribution in [1.82, 2.24) is 5.32 Å². The number of halogens is 1. The number of nitrogens with one attached hydrogen (secondary N) is 1. The van der Waals surface area contributed by atoms with Crippen LogP contribution in [0.2, 0.25) is 0 Å². The van der Waals surface area contributed by atoms with Gasteiger partial charge in [-0.3, -0.25) is 0 Å². The molecule has 3 heteroatoms. The maximum atomic E-state index is 12.9. The second-order valence-corrected chi connectivity index (χ2v) is 4.10. The number of aliphatic hydroxyl groups is 1. The number of aliphatic hydroxyl groups excluding tert-OH is 1. The molecule has 1 heterocycles. The number of rotatable bonds is 3. The highest BCUT2D eigenvalue weighted by molar-refractivity contribution is 5.18. The van der Waals surface area contributed by atoms with Crippen LogP contribution in [-0.4, -0.2) is 17.7 Å². The summed E-state index contributed by atoms with van der Waals surface area (Å²) < 4.78 is 12.9. The maximum absolute atomic E-state index is 12.9. The molecule has 1 aromatic carbocycles. The van der Waals surface area contributed by atoms with Gasteiger partial charge in [-0.2, -0.15) is 0 Å². The van der Waals surface area contributed by atoms with Crippen molar-refractivity contribution in [2.75, 3.05) is 6.54 Å². The SMILES string of the molecule is OC(CC1CCCN1)c1cccc(F)c1. The van der Waals surface area contributed by atoms with Gasteiger partial charge in [0.05, 0.1) is 6.10 Å². The van der Waals surface area contributed by atoms with Gasteiger partial charge in [0.2, 0.25) is 0 Å². The Morgan fingerprint density at radius 2 is 2.40 bits per heavy atom. The second-order valence-electron chi connectivity index (χ2n) is 4.10. The molecule has 1 aliphatic heterocycles. The maximum Gasteiger partial charge on any atom is 0.123 e. The molecule has 15 heavy (non-hydrogen) atoms. The van der Waals surface area contributed by atoms with E-state index in [9.17, 15) is 9.50 Å². The summed E-state index contributed by atoms with van der Waals surface area (Å²) in [4.78, 5) is 0. The highest BCUT2D eigenvalue weighted by Gasteiger charge is 2.19. The van der Waals surface area contributed by atoms with Gasteiger partial charge in [0.25, 0.3) is 0 Å². The number of benzene rings is 1. The summed E-state index contributed by atoms with van der Waals surface area (Å²) in [6, 6.07) is 6.57. The Bertz CT molecular complexity index is 323. The molecule has 2 N–H and O–H groups in total. The van der Waals surface area contributed by atoms with Crippen LogP contribution in [0, 0.1) is 5.82 Å². The molecule has 2 unspecified atom stereocenters. The van der Waals surface area contributed by atoms with Crippen LogP contribution in [0.25, 0.3) is 0 Å². The minimum Gasteiger partial charge on any atom is -0.388 e. The lowest BCUT2D eigenvalue weighted by Crippen LogP contribution is -2.23.